The summed E-state index contributed by atoms with van der Waals surface area (Å²) in [4.78, 5) is 37.0. The molecule has 0 unspecified atom stereocenters. The highest BCUT2D eigenvalue weighted by Crippen LogP contribution is 2.31. The van der Waals surface area contributed by atoms with Gasteiger partial charge in [-0.05, 0) is 72.7 Å². The Kier molecular flexibility index (Phi) is 7.96. The van der Waals surface area contributed by atoms with Gasteiger partial charge in [0.2, 0.25) is 5.95 Å². The second kappa shape index (κ2) is 11.5. The maximum Gasteiger partial charge on any atom is 0.416 e. The Labute approximate surface area is 220 Å². The predicted octanol–water partition coefficient (Wildman–Crippen LogP) is 5.38. The summed E-state index contributed by atoms with van der Waals surface area (Å²) in [6.07, 6.45) is 2.06. The zero-order valence-electron chi connectivity index (χ0n) is 20.3. The van der Waals surface area contributed by atoms with E-state index >= 15 is 0 Å². The normalized spacial score (nSPS) is 11.3. The fourth-order valence-electron chi connectivity index (χ4n) is 3.50. The van der Waals surface area contributed by atoms with E-state index in [1.54, 1.807) is 48.9 Å². The lowest BCUT2D eigenvalue weighted by Crippen LogP contribution is -2.15. The molecule has 9 nitrogen and oxygen atoms in total. The number of aromatic nitrogens is 3. The van der Waals surface area contributed by atoms with Crippen LogP contribution in [0.15, 0.2) is 79.3 Å². The highest BCUT2D eigenvalue weighted by Gasteiger charge is 2.31. The van der Waals surface area contributed by atoms with E-state index < -0.39 is 23.6 Å². The number of halogens is 3. The van der Waals surface area contributed by atoms with Gasteiger partial charge in [0.15, 0.2) is 0 Å². The van der Waals surface area contributed by atoms with Crippen molar-refractivity contribution in [1.29, 1.82) is 0 Å². The molecule has 2 heterocycles. The molecule has 0 aliphatic heterocycles. The third kappa shape index (κ3) is 7.02. The van der Waals surface area contributed by atoms with Gasteiger partial charge in [0.1, 0.15) is 0 Å². The molecule has 39 heavy (non-hydrogen) atoms. The van der Waals surface area contributed by atoms with E-state index in [2.05, 4.69) is 25.6 Å². The molecule has 0 atom stereocenters. The number of alkyl halides is 3. The van der Waals surface area contributed by atoms with Crippen LogP contribution in [-0.2, 0) is 11.0 Å². The van der Waals surface area contributed by atoms with Crippen molar-refractivity contribution in [2.24, 2.45) is 0 Å². The van der Waals surface area contributed by atoms with Crippen LogP contribution >= 0.6 is 0 Å². The van der Waals surface area contributed by atoms with E-state index in [-0.39, 0.29) is 11.1 Å². The Balaban J connectivity index is 1.58. The van der Waals surface area contributed by atoms with E-state index in [1.807, 2.05) is 13.0 Å². The minimum Gasteiger partial charge on any atom is -0.324 e. The summed E-state index contributed by atoms with van der Waals surface area (Å²) < 4.78 is 40.3. The first-order valence-corrected chi connectivity index (χ1v) is 11.4. The third-order valence-electron chi connectivity index (χ3n) is 5.44. The van der Waals surface area contributed by atoms with Gasteiger partial charge in [-0.25, -0.2) is 15.4 Å². The number of nitrogens with zero attached hydrogens (tertiary/aromatic N) is 3. The minimum atomic E-state index is -4.73. The molecule has 0 aliphatic carbocycles. The molecular formula is C27H21F3N6O3. The number of hydrogen-bond acceptors (Lipinski definition) is 7. The Morgan fingerprint density at radius 2 is 1.85 bits per heavy atom. The molecule has 0 spiro atoms. The second-order valence-corrected chi connectivity index (χ2v) is 8.27. The van der Waals surface area contributed by atoms with Crippen molar-refractivity contribution in [3.8, 4) is 11.3 Å². The summed E-state index contributed by atoms with van der Waals surface area (Å²) in [6, 6.07) is 13.0. The van der Waals surface area contributed by atoms with Gasteiger partial charge >= 0.3 is 6.18 Å². The number of amides is 2. The molecule has 198 valence electrons. The summed E-state index contributed by atoms with van der Waals surface area (Å²) >= 11 is 0. The number of hydroxylamine groups is 1. The molecule has 0 bridgehead atoms. The monoisotopic (exact) mass is 534 g/mol. The zero-order valence-corrected chi connectivity index (χ0v) is 20.3. The van der Waals surface area contributed by atoms with Gasteiger partial charge in [-0.3, -0.25) is 19.8 Å². The van der Waals surface area contributed by atoms with Crippen LogP contribution < -0.4 is 16.1 Å². The molecular weight excluding hydrogens is 513 g/mol. The van der Waals surface area contributed by atoms with Crippen molar-refractivity contribution in [3.05, 3.63) is 102 Å². The first-order valence-electron chi connectivity index (χ1n) is 11.4. The second-order valence-electron chi connectivity index (χ2n) is 8.27. The Morgan fingerprint density at radius 3 is 2.56 bits per heavy atom. The molecule has 2 aromatic carbocycles. The number of rotatable bonds is 7. The maximum absolute atomic E-state index is 13.4. The highest BCUT2D eigenvalue weighted by atomic mass is 19.4. The van der Waals surface area contributed by atoms with Crippen molar-refractivity contribution in [1.82, 2.24) is 20.4 Å². The van der Waals surface area contributed by atoms with Gasteiger partial charge < -0.3 is 10.6 Å². The molecule has 12 heteroatoms. The topological polar surface area (TPSA) is 129 Å². The van der Waals surface area contributed by atoms with Crippen LogP contribution in [0.2, 0.25) is 0 Å². The van der Waals surface area contributed by atoms with Crippen LogP contribution in [-0.4, -0.2) is 32.0 Å². The first kappa shape index (κ1) is 26.9. The number of benzene rings is 2. The molecule has 2 aromatic heterocycles. The number of aryl methyl sites for hydroxylation is 1. The van der Waals surface area contributed by atoms with Crippen LogP contribution in [0.5, 0.6) is 0 Å². The molecule has 2 amide bonds. The highest BCUT2D eigenvalue weighted by molar-refractivity contribution is 6.05. The SMILES string of the molecule is Cc1ccc(NC(=O)c2cc(/C=C/C(=O)NO)cc(C(F)(F)F)c2)cc1Nc1nccc(-c2cccnc2)n1. The van der Waals surface area contributed by atoms with Gasteiger partial charge in [-0.2, -0.15) is 13.2 Å². The number of hydrogen-bond donors (Lipinski definition) is 4. The van der Waals surface area contributed by atoms with Crippen LogP contribution in [0.3, 0.4) is 0 Å². The Morgan fingerprint density at radius 1 is 1.03 bits per heavy atom. The summed E-state index contributed by atoms with van der Waals surface area (Å²) in [5, 5.41) is 14.3. The van der Waals surface area contributed by atoms with Crippen molar-refractivity contribution >= 4 is 35.2 Å². The molecule has 0 radical (unpaired) electrons. The number of pyridine rings is 1. The molecule has 0 aliphatic rings. The average Bonchev–Trinajstić information content (AvgIpc) is 2.93. The van der Waals surface area contributed by atoms with E-state index in [1.165, 1.54) is 11.5 Å². The van der Waals surface area contributed by atoms with Crippen molar-refractivity contribution in [2.75, 3.05) is 10.6 Å². The van der Waals surface area contributed by atoms with E-state index in [9.17, 15) is 22.8 Å². The number of carbonyl (C=O) groups excluding carboxylic acids is 2. The van der Waals surface area contributed by atoms with E-state index in [0.29, 0.717) is 29.1 Å². The predicted molar refractivity (Wildman–Crippen MR) is 138 cm³/mol. The average molecular weight is 534 g/mol. The minimum absolute atomic E-state index is 0.0597. The van der Waals surface area contributed by atoms with Crippen LogP contribution in [0.4, 0.5) is 30.5 Å². The smallest absolute Gasteiger partial charge is 0.324 e. The van der Waals surface area contributed by atoms with Crippen LogP contribution in [0.1, 0.15) is 27.0 Å². The fraction of sp³-hybridized carbons (Fsp3) is 0.0741. The van der Waals surface area contributed by atoms with Crippen LogP contribution in [0, 0.1) is 6.92 Å². The molecule has 0 fully saturated rings. The lowest BCUT2D eigenvalue weighted by Gasteiger charge is -2.13. The molecule has 0 saturated carbocycles. The maximum atomic E-state index is 13.4. The zero-order chi connectivity index (χ0) is 28.0. The summed E-state index contributed by atoms with van der Waals surface area (Å²) in [5.41, 5.74) is 3.06. The number of carbonyl (C=O) groups is 2. The molecule has 4 rings (SSSR count). The van der Waals surface area contributed by atoms with E-state index in [4.69, 9.17) is 5.21 Å². The molecule has 0 saturated heterocycles. The number of anilines is 3. The third-order valence-corrected chi connectivity index (χ3v) is 5.44. The summed E-state index contributed by atoms with van der Waals surface area (Å²) in [6.45, 7) is 1.83. The van der Waals surface area contributed by atoms with Crippen molar-refractivity contribution in [2.45, 2.75) is 13.1 Å². The first-order chi connectivity index (χ1) is 18.6. The molecule has 4 N–H and O–H groups in total. The van der Waals surface area contributed by atoms with Gasteiger partial charge in [-0.1, -0.05) is 6.07 Å². The van der Waals surface area contributed by atoms with E-state index in [0.717, 1.165) is 29.3 Å². The van der Waals surface area contributed by atoms with Crippen molar-refractivity contribution < 1.29 is 28.0 Å². The Bertz CT molecular complexity index is 1540. The van der Waals surface area contributed by atoms with Gasteiger partial charge in [0.25, 0.3) is 11.8 Å². The van der Waals surface area contributed by atoms with Crippen LogP contribution in [0.25, 0.3) is 17.3 Å². The quantitative estimate of drug-likeness (QED) is 0.142. The summed E-state index contributed by atoms with van der Waals surface area (Å²) in [5.74, 6) is -1.44. The standard InChI is InChI=1S/C27H21F3N6O3/c1-16-4-6-21(14-23(16)35-26-32-10-8-22(34-26)18-3-2-9-31-15-18)33-25(38)19-11-17(5-7-24(37)36-39)12-20(13-19)27(28,29)30/h2-15,39H,1H3,(H,33,38)(H,36,37)(H,32,34,35)/b7-5+. The van der Waals surface area contributed by atoms with Gasteiger partial charge in [-0.15, -0.1) is 0 Å². The van der Waals surface area contributed by atoms with Gasteiger partial charge in [0, 0.05) is 47.2 Å². The van der Waals surface area contributed by atoms with Gasteiger partial charge in [0.05, 0.1) is 11.3 Å². The largest absolute Gasteiger partial charge is 0.416 e. The molecule has 4 aromatic rings. The van der Waals surface area contributed by atoms with Crippen molar-refractivity contribution in [3.63, 3.8) is 0 Å². The Hall–Kier alpha value is -5.10. The lowest BCUT2D eigenvalue weighted by molar-refractivity contribution is -0.137. The summed E-state index contributed by atoms with van der Waals surface area (Å²) in [7, 11) is 0. The fourth-order valence-corrected chi connectivity index (χ4v) is 3.50. The number of nitrogens with one attached hydrogen (secondary N) is 3. The lowest BCUT2D eigenvalue weighted by atomic mass is 10.0.